The van der Waals surface area contributed by atoms with E-state index >= 15 is 0 Å². The van der Waals surface area contributed by atoms with Crippen LogP contribution >= 0.6 is 0 Å². The first-order valence-corrected chi connectivity index (χ1v) is 8.20. The van der Waals surface area contributed by atoms with Gasteiger partial charge in [0.1, 0.15) is 11.6 Å². The summed E-state index contributed by atoms with van der Waals surface area (Å²) in [4.78, 5) is 24.2. The van der Waals surface area contributed by atoms with Gasteiger partial charge in [-0.2, -0.15) is 0 Å². The van der Waals surface area contributed by atoms with Crippen molar-refractivity contribution in [2.45, 2.75) is 6.54 Å². The number of ether oxygens (including phenoxy) is 1. The lowest BCUT2D eigenvalue weighted by atomic mass is 10.2. The fourth-order valence-corrected chi connectivity index (χ4v) is 2.37. The topological polar surface area (TPSA) is 80.6 Å². The summed E-state index contributed by atoms with van der Waals surface area (Å²) in [7, 11) is 0. The summed E-state index contributed by atoms with van der Waals surface area (Å²) in [6.45, 7) is -0.134. The Morgan fingerprint density at radius 1 is 0.963 bits per heavy atom. The summed E-state index contributed by atoms with van der Waals surface area (Å²) in [6, 6.07) is 16.1. The van der Waals surface area contributed by atoms with Crippen LogP contribution in [0, 0.1) is 5.82 Å². The molecule has 0 atom stereocenters. The van der Waals surface area contributed by atoms with Gasteiger partial charge in [0.15, 0.2) is 6.61 Å². The van der Waals surface area contributed by atoms with Crippen LogP contribution in [-0.4, -0.2) is 18.5 Å². The van der Waals surface area contributed by atoms with Gasteiger partial charge in [0, 0.05) is 5.69 Å². The van der Waals surface area contributed by atoms with Crippen LogP contribution in [0.1, 0.15) is 16.1 Å². The Morgan fingerprint density at radius 3 is 2.44 bits per heavy atom. The van der Waals surface area contributed by atoms with E-state index in [0.29, 0.717) is 18.0 Å². The minimum Gasteiger partial charge on any atom is -0.467 e. The Kier molecular flexibility index (Phi) is 5.84. The molecule has 0 fully saturated rings. The van der Waals surface area contributed by atoms with E-state index in [9.17, 15) is 14.0 Å². The first-order valence-electron chi connectivity index (χ1n) is 8.20. The number of benzene rings is 2. The third-order valence-electron chi connectivity index (χ3n) is 3.66. The van der Waals surface area contributed by atoms with Gasteiger partial charge >= 0.3 is 5.97 Å². The molecule has 6 nitrogen and oxygen atoms in total. The van der Waals surface area contributed by atoms with Gasteiger partial charge in [-0.05, 0) is 36.4 Å². The molecule has 2 aromatic carbocycles. The lowest BCUT2D eigenvalue weighted by Gasteiger charge is -2.11. The maximum atomic E-state index is 13.5. The number of furan rings is 1. The molecule has 7 heteroatoms. The second-order valence-corrected chi connectivity index (χ2v) is 5.58. The van der Waals surface area contributed by atoms with E-state index in [-0.39, 0.29) is 11.3 Å². The SMILES string of the molecule is O=C(COC(=O)c1ccccc1NCc1ccco1)Nc1ccccc1F. The molecule has 3 aromatic rings. The molecule has 2 N–H and O–H groups in total. The zero-order valence-corrected chi connectivity index (χ0v) is 14.3. The average molecular weight is 368 g/mol. The normalized spacial score (nSPS) is 10.3. The largest absolute Gasteiger partial charge is 0.467 e. The quantitative estimate of drug-likeness (QED) is 0.620. The molecule has 0 radical (unpaired) electrons. The van der Waals surface area contributed by atoms with Crippen molar-refractivity contribution in [1.82, 2.24) is 0 Å². The summed E-state index contributed by atoms with van der Waals surface area (Å²) in [5.74, 6) is -1.15. The molecule has 1 amide bonds. The third kappa shape index (κ3) is 4.94. The molecular weight excluding hydrogens is 351 g/mol. The van der Waals surface area contributed by atoms with Crippen molar-refractivity contribution in [3.63, 3.8) is 0 Å². The van der Waals surface area contributed by atoms with E-state index < -0.39 is 24.3 Å². The van der Waals surface area contributed by atoms with Gasteiger partial charge in [0.25, 0.3) is 5.91 Å². The molecule has 0 aliphatic heterocycles. The summed E-state index contributed by atoms with van der Waals surface area (Å²) in [6.07, 6.45) is 1.56. The van der Waals surface area contributed by atoms with E-state index in [4.69, 9.17) is 9.15 Å². The number of para-hydroxylation sites is 2. The van der Waals surface area contributed by atoms with Crippen molar-refractivity contribution in [3.8, 4) is 0 Å². The van der Waals surface area contributed by atoms with Crippen molar-refractivity contribution in [2.24, 2.45) is 0 Å². The number of rotatable bonds is 7. The summed E-state index contributed by atoms with van der Waals surface area (Å²) in [5, 5.41) is 5.44. The summed E-state index contributed by atoms with van der Waals surface area (Å²) in [5.41, 5.74) is 0.857. The summed E-state index contributed by atoms with van der Waals surface area (Å²) >= 11 is 0. The molecule has 0 aliphatic carbocycles. The van der Waals surface area contributed by atoms with Crippen LogP contribution in [-0.2, 0) is 16.1 Å². The molecule has 0 saturated heterocycles. The minimum absolute atomic E-state index is 0.0269. The number of esters is 1. The molecule has 0 bridgehead atoms. The standard InChI is InChI=1S/C20H17FN2O4/c21-16-8-2-4-10-18(16)23-19(24)13-27-20(25)15-7-1-3-9-17(15)22-12-14-6-5-11-26-14/h1-11,22H,12-13H2,(H,23,24). The molecule has 3 rings (SSSR count). The van der Waals surface area contributed by atoms with Gasteiger partial charge < -0.3 is 19.8 Å². The van der Waals surface area contributed by atoms with Crippen LogP contribution in [0.2, 0.25) is 0 Å². The summed E-state index contributed by atoms with van der Waals surface area (Å²) < 4.78 is 23.8. The molecule has 0 aliphatic rings. The van der Waals surface area contributed by atoms with Crippen molar-refractivity contribution in [1.29, 1.82) is 0 Å². The molecule has 0 saturated carbocycles. The zero-order valence-electron chi connectivity index (χ0n) is 14.3. The molecule has 1 aromatic heterocycles. The number of carbonyl (C=O) groups excluding carboxylic acids is 2. The van der Waals surface area contributed by atoms with Gasteiger partial charge in [0.05, 0.1) is 24.1 Å². The Labute approximate surface area is 155 Å². The van der Waals surface area contributed by atoms with Gasteiger partial charge in [-0.1, -0.05) is 24.3 Å². The maximum absolute atomic E-state index is 13.5. The fraction of sp³-hybridized carbons (Fsp3) is 0.100. The van der Waals surface area contributed by atoms with Crippen molar-refractivity contribution in [2.75, 3.05) is 17.2 Å². The van der Waals surface area contributed by atoms with E-state index in [2.05, 4.69) is 10.6 Å². The second kappa shape index (κ2) is 8.66. The van der Waals surface area contributed by atoms with Gasteiger partial charge in [-0.25, -0.2) is 9.18 Å². The highest BCUT2D eigenvalue weighted by Gasteiger charge is 2.15. The lowest BCUT2D eigenvalue weighted by molar-refractivity contribution is -0.119. The number of carbonyl (C=O) groups is 2. The Balaban J connectivity index is 1.57. The monoisotopic (exact) mass is 368 g/mol. The van der Waals surface area contributed by atoms with Gasteiger partial charge in [-0.3, -0.25) is 4.79 Å². The predicted molar refractivity (Wildman–Crippen MR) is 97.8 cm³/mol. The molecule has 1 heterocycles. The lowest BCUT2D eigenvalue weighted by Crippen LogP contribution is -2.22. The smallest absolute Gasteiger partial charge is 0.340 e. The molecule has 138 valence electrons. The van der Waals surface area contributed by atoms with Crippen molar-refractivity contribution >= 4 is 23.3 Å². The van der Waals surface area contributed by atoms with Crippen LogP contribution in [0.15, 0.2) is 71.3 Å². The first kappa shape index (κ1) is 18.2. The highest BCUT2D eigenvalue weighted by molar-refractivity contribution is 5.98. The van der Waals surface area contributed by atoms with Crippen molar-refractivity contribution < 1.29 is 23.1 Å². The van der Waals surface area contributed by atoms with Crippen LogP contribution in [0.4, 0.5) is 15.8 Å². The van der Waals surface area contributed by atoms with Crippen LogP contribution in [0.5, 0.6) is 0 Å². The molecule has 27 heavy (non-hydrogen) atoms. The van der Waals surface area contributed by atoms with E-state index in [1.54, 1.807) is 48.7 Å². The Hall–Kier alpha value is -3.61. The van der Waals surface area contributed by atoms with Gasteiger partial charge in [0.2, 0.25) is 0 Å². The molecule has 0 spiro atoms. The number of hydrogen-bond acceptors (Lipinski definition) is 5. The second-order valence-electron chi connectivity index (χ2n) is 5.58. The number of nitrogens with one attached hydrogen (secondary N) is 2. The predicted octanol–water partition coefficient (Wildman–Crippen LogP) is 3.83. The van der Waals surface area contributed by atoms with Crippen molar-refractivity contribution in [3.05, 3.63) is 84.1 Å². The highest BCUT2D eigenvalue weighted by Crippen LogP contribution is 2.18. The average Bonchev–Trinajstić information content (AvgIpc) is 3.20. The molecular formula is C20H17FN2O4. The number of halogens is 1. The Morgan fingerprint density at radius 2 is 1.70 bits per heavy atom. The van der Waals surface area contributed by atoms with Crippen LogP contribution < -0.4 is 10.6 Å². The van der Waals surface area contributed by atoms with Crippen LogP contribution in [0.25, 0.3) is 0 Å². The van der Waals surface area contributed by atoms with E-state index in [1.807, 2.05) is 0 Å². The van der Waals surface area contributed by atoms with E-state index in [0.717, 1.165) is 0 Å². The number of anilines is 2. The van der Waals surface area contributed by atoms with Crippen LogP contribution in [0.3, 0.4) is 0 Å². The maximum Gasteiger partial charge on any atom is 0.340 e. The Bertz CT molecular complexity index is 925. The van der Waals surface area contributed by atoms with E-state index in [1.165, 1.54) is 18.2 Å². The minimum atomic E-state index is -0.666. The zero-order chi connectivity index (χ0) is 19.1. The first-order chi connectivity index (χ1) is 13.1. The molecule has 0 unspecified atom stereocenters. The number of hydrogen-bond donors (Lipinski definition) is 2. The number of amides is 1. The third-order valence-corrected chi connectivity index (χ3v) is 3.66. The highest BCUT2D eigenvalue weighted by atomic mass is 19.1. The van der Waals surface area contributed by atoms with Gasteiger partial charge in [-0.15, -0.1) is 0 Å². The fourth-order valence-electron chi connectivity index (χ4n) is 2.37.